The van der Waals surface area contributed by atoms with Crippen LogP contribution in [0.25, 0.3) is 0 Å². The van der Waals surface area contributed by atoms with E-state index < -0.39 is 88.7 Å². The lowest BCUT2D eigenvalue weighted by atomic mass is 10.1. The number of hydrogen-bond donors (Lipinski definition) is 2. The standard InChI is InChI=1S/C18H17F6NO9S4/c1-10(35(26,27)16-8-3-12(19)9-15(16)20)17(21,22)18(23,24)11(2)36(28,29)25-37(30,31)13-4-6-14(7-5-13)38(32,33)34/h3-11,25H,1-2H3,(H,32,33,34). The molecule has 2 rings (SSSR count). The zero-order valence-corrected chi connectivity index (χ0v) is 22.1. The first kappa shape index (κ1) is 32.0. The van der Waals surface area contributed by atoms with Crippen molar-refractivity contribution in [2.75, 3.05) is 0 Å². The molecule has 20 heteroatoms. The predicted molar refractivity (Wildman–Crippen MR) is 118 cm³/mol. The molecule has 0 saturated heterocycles. The van der Waals surface area contributed by atoms with E-state index in [9.17, 15) is 60.0 Å². The molecule has 0 aliphatic carbocycles. The van der Waals surface area contributed by atoms with E-state index in [2.05, 4.69) is 0 Å². The molecule has 0 fully saturated rings. The minimum Gasteiger partial charge on any atom is -0.282 e. The molecule has 2 atom stereocenters. The van der Waals surface area contributed by atoms with Crippen molar-refractivity contribution in [1.82, 2.24) is 4.13 Å². The van der Waals surface area contributed by atoms with Gasteiger partial charge >= 0.3 is 11.8 Å². The van der Waals surface area contributed by atoms with E-state index in [0.29, 0.717) is 30.3 Å². The molecule has 0 amide bonds. The van der Waals surface area contributed by atoms with Crippen LogP contribution in [-0.4, -0.2) is 60.6 Å². The minimum atomic E-state index is -5.96. The van der Waals surface area contributed by atoms with Crippen molar-refractivity contribution in [1.29, 1.82) is 0 Å². The summed E-state index contributed by atoms with van der Waals surface area (Å²) in [5.41, 5.74) is 0. The largest absolute Gasteiger partial charge is 0.329 e. The molecular formula is C18H17F6NO9S4. The van der Waals surface area contributed by atoms with Crippen LogP contribution in [0.1, 0.15) is 13.8 Å². The highest BCUT2D eigenvalue weighted by Gasteiger charge is 2.68. The molecule has 0 aliphatic rings. The fourth-order valence-corrected chi connectivity index (χ4v) is 8.12. The van der Waals surface area contributed by atoms with Crippen molar-refractivity contribution in [3.05, 3.63) is 54.1 Å². The molecule has 2 aromatic rings. The third kappa shape index (κ3) is 5.98. The van der Waals surface area contributed by atoms with Gasteiger partial charge in [0.2, 0.25) is 10.0 Å². The molecule has 0 bridgehead atoms. The summed E-state index contributed by atoms with van der Waals surface area (Å²) in [5.74, 6) is -14.8. The van der Waals surface area contributed by atoms with Crippen molar-refractivity contribution in [3.8, 4) is 0 Å². The number of benzene rings is 2. The topological polar surface area (TPSA) is 169 Å². The van der Waals surface area contributed by atoms with Gasteiger partial charge in [-0.25, -0.2) is 34.0 Å². The average molecular weight is 634 g/mol. The second-order valence-electron chi connectivity index (χ2n) is 7.73. The maximum Gasteiger partial charge on any atom is 0.329 e. The van der Waals surface area contributed by atoms with E-state index in [0.717, 1.165) is 4.13 Å². The summed E-state index contributed by atoms with van der Waals surface area (Å²) in [4.78, 5) is -3.45. The van der Waals surface area contributed by atoms with E-state index in [4.69, 9.17) is 4.55 Å². The zero-order valence-electron chi connectivity index (χ0n) is 18.8. The summed E-state index contributed by atoms with van der Waals surface area (Å²) in [6, 6.07) is 2.44. The lowest BCUT2D eigenvalue weighted by Gasteiger charge is -2.34. The molecule has 2 unspecified atom stereocenters. The Balaban J connectivity index is 2.44. The van der Waals surface area contributed by atoms with Crippen molar-refractivity contribution in [2.45, 2.75) is 50.9 Å². The van der Waals surface area contributed by atoms with Crippen LogP contribution in [-0.2, 0) is 40.0 Å². The number of sulfonamides is 2. The number of sulfone groups is 1. The molecule has 0 aliphatic heterocycles. The maximum absolute atomic E-state index is 14.8. The van der Waals surface area contributed by atoms with Crippen molar-refractivity contribution in [2.24, 2.45) is 0 Å². The number of rotatable bonds is 10. The molecule has 0 saturated carbocycles. The fourth-order valence-electron chi connectivity index (χ4n) is 2.89. The van der Waals surface area contributed by atoms with Gasteiger partial charge in [-0.05, 0) is 50.2 Å². The van der Waals surface area contributed by atoms with Gasteiger partial charge in [0.15, 0.2) is 9.84 Å². The Hall–Kier alpha value is -2.26. The third-order valence-corrected chi connectivity index (χ3v) is 12.2. The van der Waals surface area contributed by atoms with E-state index >= 15 is 0 Å². The summed E-state index contributed by atoms with van der Waals surface area (Å²) in [7, 11) is -21.8. The summed E-state index contributed by atoms with van der Waals surface area (Å²) in [5, 5.41) is -7.11. The molecule has 2 aromatic carbocycles. The van der Waals surface area contributed by atoms with Crippen molar-refractivity contribution in [3.63, 3.8) is 0 Å². The Morgan fingerprint density at radius 3 is 1.63 bits per heavy atom. The van der Waals surface area contributed by atoms with Gasteiger partial charge < -0.3 is 0 Å². The summed E-state index contributed by atoms with van der Waals surface area (Å²) < 4.78 is 192. The van der Waals surface area contributed by atoms with Gasteiger partial charge in [0.1, 0.15) is 27.0 Å². The van der Waals surface area contributed by atoms with Crippen LogP contribution in [0.3, 0.4) is 0 Å². The van der Waals surface area contributed by atoms with Crippen LogP contribution in [0, 0.1) is 11.6 Å². The maximum atomic E-state index is 14.8. The van der Waals surface area contributed by atoms with E-state index in [-0.39, 0.29) is 26.0 Å². The van der Waals surface area contributed by atoms with Gasteiger partial charge in [0.25, 0.3) is 20.1 Å². The van der Waals surface area contributed by atoms with Gasteiger partial charge in [-0.2, -0.15) is 26.0 Å². The highest BCUT2D eigenvalue weighted by molar-refractivity contribution is 8.05. The first-order chi connectivity index (χ1) is 16.9. The highest BCUT2D eigenvalue weighted by Crippen LogP contribution is 2.45. The molecule has 2 N–H and O–H groups in total. The number of halogens is 6. The molecule has 0 aromatic heterocycles. The first-order valence-corrected chi connectivity index (χ1v) is 15.7. The monoisotopic (exact) mass is 633 g/mol. The van der Waals surface area contributed by atoms with Crippen LogP contribution >= 0.6 is 0 Å². The van der Waals surface area contributed by atoms with Gasteiger partial charge in [-0.3, -0.25) is 4.55 Å². The smallest absolute Gasteiger partial charge is 0.282 e. The van der Waals surface area contributed by atoms with Crippen LogP contribution in [0.15, 0.2) is 57.2 Å². The Morgan fingerprint density at radius 1 is 0.737 bits per heavy atom. The van der Waals surface area contributed by atoms with Crippen LogP contribution in [0.4, 0.5) is 26.3 Å². The number of alkyl halides is 4. The highest BCUT2D eigenvalue weighted by atomic mass is 32.3. The number of hydrogen-bond acceptors (Lipinski definition) is 8. The SMILES string of the molecule is CC(C(F)(F)C(F)(F)C(C)S(=O)(=O)c1ccc(F)cc1F)S(=O)(=O)NS(=O)(=O)c1ccc(S(=O)(=O)O)cc1. The molecule has 0 radical (unpaired) electrons. The van der Waals surface area contributed by atoms with Crippen LogP contribution in [0.5, 0.6) is 0 Å². The van der Waals surface area contributed by atoms with E-state index in [1.165, 1.54) is 0 Å². The molecule has 0 heterocycles. The second-order valence-corrected chi connectivity index (χ2v) is 15.3. The molecule has 10 nitrogen and oxygen atoms in total. The van der Waals surface area contributed by atoms with Gasteiger partial charge in [-0.1, -0.05) is 0 Å². The fraction of sp³-hybridized carbons (Fsp3) is 0.333. The van der Waals surface area contributed by atoms with Crippen molar-refractivity contribution >= 4 is 40.0 Å². The molecule has 38 heavy (non-hydrogen) atoms. The predicted octanol–water partition coefficient (Wildman–Crippen LogP) is 2.34. The summed E-state index contributed by atoms with van der Waals surface area (Å²) >= 11 is 0. The first-order valence-electron chi connectivity index (χ1n) is 9.68. The molecule has 214 valence electrons. The average Bonchev–Trinajstić information content (AvgIpc) is 2.76. The molecule has 0 spiro atoms. The lowest BCUT2D eigenvalue weighted by molar-refractivity contribution is -0.205. The normalized spacial score (nSPS) is 15.7. The van der Waals surface area contributed by atoms with Gasteiger partial charge in [0.05, 0.1) is 9.79 Å². The Morgan fingerprint density at radius 2 is 1.18 bits per heavy atom. The zero-order chi connectivity index (χ0) is 29.7. The van der Waals surface area contributed by atoms with Crippen LogP contribution in [0.2, 0.25) is 0 Å². The van der Waals surface area contributed by atoms with E-state index in [1.807, 2.05) is 0 Å². The Kier molecular flexibility index (Phi) is 8.45. The van der Waals surface area contributed by atoms with Gasteiger partial charge in [-0.15, -0.1) is 4.13 Å². The third-order valence-electron chi connectivity index (χ3n) is 5.25. The second kappa shape index (κ2) is 10.0. The Labute approximate surface area is 213 Å². The van der Waals surface area contributed by atoms with Crippen LogP contribution < -0.4 is 4.13 Å². The lowest BCUT2D eigenvalue weighted by Crippen LogP contribution is -2.60. The Bertz CT molecular complexity index is 1660. The van der Waals surface area contributed by atoms with Crippen molar-refractivity contribution < 1.29 is 64.6 Å². The quantitative estimate of drug-likeness (QED) is 0.227. The minimum absolute atomic E-state index is 0.0136. The van der Waals surface area contributed by atoms with E-state index in [1.54, 1.807) is 0 Å². The summed E-state index contributed by atoms with van der Waals surface area (Å²) in [6.45, 7) is -0.0304. The molecular weight excluding hydrogens is 616 g/mol. The number of nitrogens with one attached hydrogen (secondary N) is 1. The van der Waals surface area contributed by atoms with Gasteiger partial charge in [0, 0.05) is 6.07 Å². The summed E-state index contributed by atoms with van der Waals surface area (Å²) in [6.07, 6.45) is 0.